The predicted octanol–water partition coefficient (Wildman–Crippen LogP) is 5.11. The summed E-state index contributed by atoms with van der Waals surface area (Å²) in [6, 6.07) is 24.1. The van der Waals surface area contributed by atoms with Gasteiger partial charge >= 0.3 is 0 Å². The number of aryl methyl sites for hydroxylation is 1. The largest absolute Gasteiger partial charge is 0.383 e. The SMILES string of the molecule is COCCNC(=O)C1c2ccccc2C(=O)N1CCCn1ccnc1.O=C(NCCc1ccccc1)C1c2ccccc2C(=O)N1C1CCCCC1. The number of fused-ring (bicyclic) bond motifs is 2. The summed E-state index contributed by atoms with van der Waals surface area (Å²) >= 11 is 0. The number of benzene rings is 3. The highest BCUT2D eigenvalue weighted by Gasteiger charge is 2.44. The van der Waals surface area contributed by atoms with Gasteiger partial charge in [0.2, 0.25) is 11.8 Å². The maximum absolute atomic E-state index is 13.1. The lowest BCUT2D eigenvalue weighted by Crippen LogP contribution is -2.45. The van der Waals surface area contributed by atoms with Gasteiger partial charge in [-0.05, 0) is 54.5 Å². The zero-order valence-electron chi connectivity index (χ0n) is 29.8. The third-order valence-electron chi connectivity index (χ3n) is 10.1. The number of amides is 4. The van der Waals surface area contributed by atoms with Gasteiger partial charge in [0.1, 0.15) is 12.1 Å². The van der Waals surface area contributed by atoms with Crippen LogP contribution >= 0.6 is 0 Å². The number of methoxy groups -OCH3 is 1. The van der Waals surface area contributed by atoms with Crippen LogP contribution in [0.25, 0.3) is 0 Å². The molecule has 272 valence electrons. The topological polar surface area (TPSA) is 126 Å². The van der Waals surface area contributed by atoms with Crippen molar-refractivity contribution in [3.8, 4) is 0 Å². The van der Waals surface area contributed by atoms with Gasteiger partial charge < -0.3 is 29.7 Å². The molecule has 4 aromatic rings. The van der Waals surface area contributed by atoms with Crippen molar-refractivity contribution in [2.24, 2.45) is 0 Å². The summed E-state index contributed by atoms with van der Waals surface area (Å²) in [6.07, 6.45) is 12.4. The van der Waals surface area contributed by atoms with E-state index in [0.717, 1.165) is 56.2 Å². The number of nitrogens with zero attached hydrogens (tertiary/aromatic N) is 4. The molecule has 0 saturated heterocycles. The van der Waals surface area contributed by atoms with Gasteiger partial charge in [0.25, 0.3) is 11.8 Å². The van der Waals surface area contributed by atoms with Crippen LogP contribution in [0.5, 0.6) is 0 Å². The van der Waals surface area contributed by atoms with Crippen LogP contribution < -0.4 is 10.6 Å². The van der Waals surface area contributed by atoms with Crippen molar-refractivity contribution >= 4 is 23.6 Å². The number of imidazole rings is 1. The molecule has 2 N–H and O–H groups in total. The van der Waals surface area contributed by atoms with Crippen LogP contribution in [0.2, 0.25) is 0 Å². The first-order valence-electron chi connectivity index (χ1n) is 18.3. The second-order valence-corrected chi connectivity index (χ2v) is 13.4. The van der Waals surface area contributed by atoms with Crippen molar-refractivity contribution in [2.75, 3.05) is 33.4 Å². The molecule has 1 aliphatic carbocycles. The first-order chi connectivity index (χ1) is 25.5. The molecule has 11 heteroatoms. The van der Waals surface area contributed by atoms with Crippen LogP contribution in [0.1, 0.15) is 88.0 Å². The van der Waals surface area contributed by atoms with Gasteiger partial charge in [0.05, 0.1) is 12.9 Å². The highest BCUT2D eigenvalue weighted by molar-refractivity contribution is 6.05. The Labute approximate surface area is 305 Å². The third kappa shape index (κ3) is 8.42. The third-order valence-corrected chi connectivity index (χ3v) is 10.1. The van der Waals surface area contributed by atoms with E-state index in [1.54, 1.807) is 30.6 Å². The number of ether oxygens (including phenoxy) is 1. The van der Waals surface area contributed by atoms with Crippen molar-refractivity contribution in [3.63, 3.8) is 0 Å². The van der Waals surface area contributed by atoms with Crippen molar-refractivity contribution in [2.45, 2.75) is 69.6 Å². The lowest BCUT2D eigenvalue weighted by atomic mass is 9.93. The smallest absolute Gasteiger partial charge is 0.255 e. The zero-order valence-corrected chi connectivity index (χ0v) is 29.8. The number of hydrogen-bond donors (Lipinski definition) is 2. The monoisotopic (exact) mass is 704 g/mol. The minimum atomic E-state index is -0.580. The Morgan fingerprint density at radius 1 is 0.769 bits per heavy atom. The molecule has 3 aromatic carbocycles. The van der Waals surface area contributed by atoms with Crippen LogP contribution in [0.4, 0.5) is 0 Å². The van der Waals surface area contributed by atoms with Crippen molar-refractivity contribution < 1.29 is 23.9 Å². The van der Waals surface area contributed by atoms with E-state index in [9.17, 15) is 19.2 Å². The number of hydrogen-bond acceptors (Lipinski definition) is 6. The van der Waals surface area contributed by atoms with Gasteiger partial charge in [-0.15, -0.1) is 0 Å². The van der Waals surface area contributed by atoms with E-state index >= 15 is 0 Å². The Morgan fingerprint density at radius 2 is 1.40 bits per heavy atom. The Morgan fingerprint density at radius 3 is 2.10 bits per heavy atom. The molecule has 2 atom stereocenters. The highest BCUT2D eigenvalue weighted by Crippen LogP contribution is 2.39. The minimum Gasteiger partial charge on any atom is -0.383 e. The maximum atomic E-state index is 13.1. The molecule has 0 spiro atoms. The number of nitrogens with one attached hydrogen (secondary N) is 2. The van der Waals surface area contributed by atoms with E-state index in [0.29, 0.717) is 37.4 Å². The number of rotatable bonds is 13. The molecule has 1 aromatic heterocycles. The molecule has 2 unspecified atom stereocenters. The lowest BCUT2D eigenvalue weighted by Gasteiger charge is -2.35. The minimum absolute atomic E-state index is 0.0145. The Bertz CT molecular complexity index is 1810. The Balaban J connectivity index is 0.000000179. The van der Waals surface area contributed by atoms with E-state index in [1.807, 2.05) is 76.3 Å². The average molecular weight is 705 g/mol. The van der Waals surface area contributed by atoms with E-state index < -0.39 is 12.1 Å². The summed E-state index contributed by atoms with van der Waals surface area (Å²) in [5.41, 5.74) is 4.11. The first-order valence-corrected chi connectivity index (χ1v) is 18.3. The van der Waals surface area contributed by atoms with Crippen molar-refractivity contribution in [1.82, 2.24) is 30.0 Å². The molecule has 3 heterocycles. The molecule has 0 bridgehead atoms. The normalized spacial score (nSPS) is 18.0. The molecule has 2 aliphatic heterocycles. The fraction of sp³-hybridized carbons (Fsp3) is 0.390. The number of carbonyl (C=O) groups is 4. The van der Waals surface area contributed by atoms with Gasteiger partial charge in [-0.3, -0.25) is 19.2 Å². The summed E-state index contributed by atoms with van der Waals surface area (Å²) in [5, 5.41) is 5.92. The molecule has 1 fully saturated rings. The van der Waals surface area contributed by atoms with Crippen molar-refractivity contribution in [1.29, 1.82) is 0 Å². The van der Waals surface area contributed by atoms with Gasteiger partial charge in [-0.2, -0.15) is 0 Å². The molecular weight excluding hydrogens is 656 g/mol. The molecule has 1 saturated carbocycles. The second-order valence-electron chi connectivity index (χ2n) is 13.4. The molecule has 7 rings (SSSR count). The van der Waals surface area contributed by atoms with E-state index in [-0.39, 0.29) is 29.7 Å². The quantitative estimate of drug-likeness (QED) is 0.187. The lowest BCUT2D eigenvalue weighted by molar-refractivity contribution is -0.126. The second kappa shape index (κ2) is 17.8. The molecule has 52 heavy (non-hydrogen) atoms. The zero-order chi connectivity index (χ0) is 36.3. The van der Waals surface area contributed by atoms with Crippen LogP contribution in [0, 0.1) is 0 Å². The summed E-state index contributed by atoms with van der Waals surface area (Å²) in [7, 11) is 1.59. The standard InChI is InChI=1S/C23H26N2O2.C18H22N4O3/c26-22(24-16-15-17-9-3-1-4-10-17)21-19-13-7-8-14-20(19)23(27)25(21)18-11-5-2-6-12-18;1-25-12-8-20-17(23)16-14-5-2-3-6-15(14)18(24)22(16)10-4-9-21-11-7-19-13-21/h1,3-4,7-10,13-14,18,21H,2,5-6,11-12,15-16H2,(H,24,26);2-3,5-7,11,13,16H,4,8-10,12H2,1H3,(H,20,23). The summed E-state index contributed by atoms with van der Waals surface area (Å²) in [5.74, 6) is -0.304. The number of carbonyl (C=O) groups excluding carboxylic acids is 4. The molecule has 3 aliphatic rings. The molecular formula is C41H48N6O5. The van der Waals surface area contributed by atoms with Crippen molar-refractivity contribution in [3.05, 3.63) is 125 Å². The first kappa shape index (κ1) is 36.5. The van der Waals surface area contributed by atoms with Crippen LogP contribution in [-0.2, 0) is 27.3 Å². The van der Waals surface area contributed by atoms with E-state index in [1.165, 1.54) is 12.0 Å². The predicted molar refractivity (Wildman–Crippen MR) is 197 cm³/mol. The molecule has 0 radical (unpaired) electrons. The van der Waals surface area contributed by atoms with Gasteiger partial charge in [0, 0.05) is 62.9 Å². The maximum Gasteiger partial charge on any atom is 0.255 e. The van der Waals surface area contributed by atoms with E-state index in [2.05, 4.69) is 27.8 Å². The van der Waals surface area contributed by atoms with E-state index in [4.69, 9.17) is 4.74 Å². The van der Waals surface area contributed by atoms with Crippen LogP contribution in [-0.4, -0.2) is 82.4 Å². The van der Waals surface area contributed by atoms with Crippen LogP contribution in [0.15, 0.2) is 97.6 Å². The fourth-order valence-electron chi connectivity index (χ4n) is 7.51. The fourth-order valence-corrected chi connectivity index (χ4v) is 7.51. The Hall–Kier alpha value is -5.29. The average Bonchev–Trinajstić information content (AvgIpc) is 3.88. The summed E-state index contributed by atoms with van der Waals surface area (Å²) in [4.78, 5) is 59.1. The van der Waals surface area contributed by atoms with Gasteiger partial charge in [0.15, 0.2) is 0 Å². The molecule has 11 nitrogen and oxygen atoms in total. The Kier molecular flexibility index (Phi) is 12.5. The summed E-state index contributed by atoms with van der Waals surface area (Å²) < 4.78 is 6.93. The highest BCUT2D eigenvalue weighted by atomic mass is 16.5. The molecule has 4 amide bonds. The van der Waals surface area contributed by atoms with Crippen LogP contribution in [0.3, 0.4) is 0 Å². The van der Waals surface area contributed by atoms with Gasteiger partial charge in [-0.25, -0.2) is 4.98 Å². The summed E-state index contributed by atoms with van der Waals surface area (Å²) in [6.45, 7) is 2.69. The number of aromatic nitrogens is 2. The van der Waals surface area contributed by atoms with Gasteiger partial charge in [-0.1, -0.05) is 86.0 Å².